The number of benzene rings is 1. The van der Waals surface area contributed by atoms with Gasteiger partial charge in [0.05, 0.1) is 5.56 Å². The van der Waals surface area contributed by atoms with Gasteiger partial charge in [-0.2, -0.15) is 13.2 Å². The lowest BCUT2D eigenvalue weighted by atomic mass is 10.1. The molecule has 5 heteroatoms. The highest BCUT2D eigenvalue weighted by Crippen LogP contribution is 2.32. The molecule has 1 aromatic heterocycles. The van der Waals surface area contributed by atoms with Gasteiger partial charge in [-0.15, -0.1) is 0 Å². The fourth-order valence-electron chi connectivity index (χ4n) is 2.14. The van der Waals surface area contributed by atoms with Crippen LogP contribution in [0.2, 0.25) is 0 Å². The Bertz CT molecular complexity index is 543. The summed E-state index contributed by atoms with van der Waals surface area (Å²) in [5.41, 5.74) is 1.11. The Hall–Kier alpha value is -1.49. The van der Waals surface area contributed by atoms with Crippen LogP contribution >= 0.6 is 0 Å². The molecular formula is C14H17F3N2. The maximum absolute atomic E-state index is 12.7. The van der Waals surface area contributed by atoms with Gasteiger partial charge in [0.15, 0.2) is 0 Å². The fourth-order valence-corrected chi connectivity index (χ4v) is 2.14. The monoisotopic (exact) mass is 270 g/mol. The smallest absolute Gasteiger partial charge is 0.361 e. The predicted molar refractivity (Wildman–Crippen MR) is 70.2 cm³/mol. The molecule has 1 aromatic carbocycles. The van der Waals surface area contributed by atoms with Gasteiger partial charge in [0.2, 0.25) is 0 Å². The summed E-state index contributed by atoms with van der Waals surface area (Å²) in [4.78, 5) is 3.02. The summed E-state index contributed by atoms with van der Waals surface area (Å²) in [6.07, 6.45) is -0.797. The molecule has 104 valence electrons. The molecule has 0 aliphatic heterocycles. The van der Waals surface area contributed by atoms with Crippen molar-refractivity contribution in [2.75, 3.05) is 13.1 Å². The number of H-pyrrole nitrogens is 1. The van der Waals surface area contributed by atoms with E-state index in [2.05, 4.69) is 10.3 Å². The van der Waals surface area contributed by atoms with Crippen molar-refractivity contribution in [3.05, 3.63) is 35.5 Å². The highest BCUT2D eigenvalue weighted by atomic mass is 19.4. The van der Waals surface area contributed by atoms with Crippen molar-refractivity contribution in [2.45, 2.75) is 25.9 Å². The summed E-state index contributed by atoms with van der Waals surface area (Å²) >= 11 is 0. The van der Waals surface area contributed by atoms with E-state index in [1.807, 2.05) is 6.92 Å². The summed E-state index contributed by atoms with van der Waals surface area (Å²) in [5, 5.41) is 3.88. The van der Waals surface area contributed by atoms with Gasteiger partial charge in [0, 0.05) is 17.1 Å². The van der Waals surface area contributed by atoms with Crippen LogP contribution in [0.4, 0.5) is 13.2 Å². The molecule has 2 N–H and O–H groups in total. The van der Waals surface area contributed by atoms with Crippen LogP contribution in [0.5, 0.6) is 0 Å². The third kappa shape index (κ3) is 3.29. The van der Waals surface area contributed by atoms with Crippen LogP contribution in [0.25, 0.3) is 10.9 Å². The molecule has 0 saturated heterocycles. The molecule has 0 spiro atoms. The average molecular weight is 270 g/mol. The number of hydrogen-bond acceptors (Lipinski definition) is 1. The number of aromatic amines is 1. The molecule has 2 rings (SSSR count). The Morgan fingerprint density at radius 2 is 2.05 bits per heavy atom. The van der Waals surface area contributed by atoms with E-state index in [0.29, 0.717) is 5.39 Å². The van der Waals surface area contributed by atoms with E-state index in [1.54, 1.807) is 6.20 Å². The van der Waals surface area contributed by atoms with Crippen LogP contribution in [0.15, 0.2) is 24.4 Å². The quantitative estimate of drug-likeness (QED) is 0.796. The molecule has 19 heavy (non-hydrogen) atoms. The zero-order valence-corrected chi connectivity index (χ0v) is 10.8. The molecule has 0 atom stereocenters. The van der Waals surface area contributed by atoms with E-state index >= 15 is 0 Å². The molecule has 0 saturated carbocycles. The van der Waals surface area contributed by atoms with Gasteiger partial charge in [-0.05, 0) is 49.7 Å². The first-order valence-corrected chi connectivity index (χ1v) is 6.40. The molecule has 2 aromatic rings. The minimum atomic E-state index is -4.29. The topological polar surface area (TPSA) is 27.8 Å². The summed E-state index contributed by atoms with van der Waals surface area (Å²) in [6.45, 7) is 3.82. The summed E-state index contributed by atoms with van der Waals surface area (Å²) in [7, 11) is 0. The molecule has 0 bridgehead atoms. The Kier molecular flexibility index (Phi) is 4.14. The van der Waals surface area contributed by atoms with E-state index in [1.165, 1.54) is 12.1 Å². The number of rotatable bonds is 5. The molecular weight excluding hydrogens is 253 g/mol. The van der Waals surface area contributed by atoms with Crippen LogP contribution in [0.3, 0.4) is 0 Å². The van der Waals surface area contributed by atoms with Crippen molar-refractivity contribution in [1.29, 1.82) is 0 Å². The van der Waals surface area contributed by atoms with Crippen LogP contribution in [-0.4, -0.2) is 18.1 Å². The molecule has 0 amide bonds. The maximum Gasteiger partial charge on any atom is 0.416 e. The predicted octanol–water partition coefficient (Wildman–Crippen LogP) is 3.73. The lowest BCUT2D eigenvalue weighted by Crippen LogP contribution is -2.14. The third-order valence-corrected chi connectivity index (χ3v) is 3.14. The van der Waals surface area contributed by atoms with Crippen LogP contribution in [-0.2, 0) is 12.6 Å². The normalized spacial score (nSPS) is 12.2. The van der Waals surface area contributed by atoms with E-state index in [9.17, 15) is 13.2 Å². The second-order valence-corrected chi connectivity index (χ2v) is 4.53. The second kappa shape index (κ2) is 5.65. The van der Waals surface area contributed by atoms with Gasteiger partial charge >= 0.3 is 6.18 Å². The van der Waals surface area contributed by atoms with Crippen molar-refractivity contribution < 1.29 is 13.2 Å². The van der Waals surface area contributed by atoms with Crippen molar-refractivity contribution in [1.82, 2.24) is 10.3 Å². The van der Waals surface area contributed by atoms with Crippen LogP contribution in [0, 0.1) is 0 Å². The summed E-state index contributed by atoms with van der Waals surface area (Å²) < 4.78 is 38.1. The fraction of sp³-hybridized carbons (Fsp3) is 0.429. The third-order valence-electron chi connectivity index (χ3n) is 3.14. The molecule has 0 fully saturated rings. The van der Waals surface area contributed by atoms with Crippen LogP contribution < -0.4 is 5.32 Å². The zero-order valence-electron chi connectivity index (χ0n) is 10.8. The Labute approximate surface area is 110 Å². The van der Waals surface area contributed by atoms with Crippen molar-refractivity contribution >= 4 is 10.9 Å². The van der Waals surface area contributed by atoms with Crippen molar-refractivity contribution in [3.63, 3.8) is 0 Å². The Morgan fingerprint density at radius 3 is 2.74 bits per heavy atom. The van der Waals surface area contributed by atoms with Gasteiger partial charge < -0.3 is 10.3 Å². The zero-order chi connectivity index (χ0) is 13.9. The van der Waals surface area contributed by atoms with Crippen molar-refractivity contribution in [3.8, 4) is 0 Å². The van der Waals surface area contributed by atoms with Gasteiger partial charge in [-0.3, -0.25) is 0 Å². The van der Waals surface area contributed by atoms with Gasteiger partial charge in [0.1, 0.15) is 0 Å². The van der Waals surface area contributed by atoms with Crippen LogP contribution in [0.1, 0.15) is 24.5 Å². The average Bonchev–Trinajstić information content (AvgIpc) is 2.76. The van der Waals surface area contributed by atoms with Crippen molar-refractivity contribution in [2.24, 2.45) is 0 Å². The molecule has 0 aliphatic rings. The van der Waals surface area contributed by atoms with Gasteiger partial charge in [0.25, 0.3) is 0 Å². The molecule has 0 unspecified atom stereocenters. The number of fused-ring (bicyclic) bond motifs is 1. The first-order valence-electron chi connectivity index (χ1n) is 6.40. The molecule has 0 aliphatic carbocycles. The number of alkyl halides is 3. The Balaban J connectivity index is 2.20. The minimum absolute atomic E-state index is 0.590. The standard InChI is InChI=1S/C14H17F3N2/c1-2-18-7-3-4-10-9-19-13-6-5-11(8-12(10)13)14(15,16)17/h5-6,8-9,18-19H,2-4,7H2,1H3. The van der Waals surface area contributed by atoms with E-state index in [0.717, 1.165) is 43.1 Å². The Morgan fingerprint density at radius 1 is 1.26 bits per heavy atom. The highest BCUT2D eigenvalue weighted by molar-refractivity contribution is 5.84. The molecule has 2 nitrogen and oxygen atoms in total. The summed E-state index contributed by atoms with van der Waals surface area (Å²) in [6, 6.07) is 3.83. The van der Waals surface area contributed by atoms with Gasteiger partial charge in [-0.1, -0.05) is 6.92 Å². The number of aromatic nitrogens is 1. The number of halogens is 3. The highest BCUT2D eigenvalue weighted by Gasteiger charge is 2.30. The number of nitrogens with one attached hydrogen (secondary N) is 2. The first-order chi connectivity index (χ1) is 9.02. The number of aryl methyl sites for hydroxylation is 1. The SMILES string of the molecule is CCNCCCc1c[nH]c2ccc(C(F)(F)F)cc12. The van der Waals surface area contributed by atoms with E-state index in [-0.39, 0.29) is 0 Å². The summed E-state index contributed by atoms with van der Waals surface area (Å²) in [5.74, 6) is 0. The van der Waals surface area contributed by atoms with E-state index in [4.69, 9.17) is 0 Å². The lowest BCUT2D eigenvalue weighted by molar-refractivity contribution is -0.137. The minimum Gasteiger partial charge on any atom is -0.361 e. The second-order valence-electron chi connectivity index (χ2n) is 4.53. The molecule has 0 radical (unpaired) electrons. The van der Waals surface area contributed by atoms with Gasteiger partial charge in [-0.25, -0.2) is 0 Å². The number of hydrogen-bond donors (Lipinski definition) is 2. The first kappa shape index (κ1) is 13.9. The largest absolute Gasteiger partial charge is 0.416 e. The molecule has 1 heterocycles. The maximum atomic E-state index is 12.7. The lowest BCUT2D eigenvalue weighted by Gasteiger charge is -2.07. The van der Waals surface area contributed by atoms with E-state index < -0.39 is 11.7 Å².